The lowest BCUT2D eigenvalue weighted by molar-refractivity contribution is 0.585. The van der Waals surface area contributed by atoms with E-state index in [1.54, 1.807) is 18.3 Å². The lowest BCUT2D eigenvalue weighted by atomic mass is 9.96. The zero-order valence-corrected chi connectivity index (χ0v) is 19.7. The molecular formula is C25H26F2N6S. The van der Waals surface area contributed by atoms with Crippen LogP contribution in [0, 0.1) is 22.5 Å². The van der Waals surface area contributed by atoms with Gasteiger partial charge >= 0.3 is 0 Å². The van der Waals surface area contributed by atoms with E-state index < -0.39 is 11.6 Å². The van der Waals surface area contributed by atoms with Crippen LogP contribution in [0.1, 0.15) is 25.8 Å². The van der Waals surface area contributed by atoms with Crippen LogP contribution in [-0.4, -0.2) is 24.1 Å². The summed E-state index contributed by atoms with van der Waals surface area (Å²) in [5, 5.41) is 21.7. The predicted molar refractivity (Wildman–Crippen MR) is 139 cm³/mol. The zero-order chi connectivity index (χ0) is 24.5. The molecule has 34 heavy (non-hydrogen) atoms. The van der Waals surface area contributed by atoms with Crippen molar-refractivity contribution in [2.75, 3.05) is 10.5 Å². The van der Waals surface area contributed by atoms with Crippen molar-refractivity contribution in [2.24, 2.45) is 4.99 Å². The van der Waals surface area contributed by atoms with Crippen molar-refractivity contribution < 1.29 is 8.78 Å². The molecule has 0 spiro atoms. The van der Waals surface area contributed by atoms with Crippen LogP contribution < -0.4 is 15.4 Å². The highest BCUT2D eigenvalue weighted by Crippen LogP contribution is 2.32. The third-order valence-electron chi connectivity index (χ3n) is 4.85. The summed E-state index contributed by atoms with van der Waals surface area (Å²) in [5.74, 6) is -0.184. The first-order valence-corrected chi connectivity index (χ1v) is 11.7. The van der Waals surface area contributed by atoms with Gasteiger partial charge in [0.1, 0.15) is 17.5 Å². The standard InChI is InChI=1S/C25H26F2N6S/c1-3-25(29)32-15-31-19-6-8-24(30-14-19)22(13-28)17-9-16(10-20(11-17)33-34-4-2)21-7-5-18(26)12-23(21)27/h5-15,28,30,33H,3-4H2,1-2H3,(H2,29,31,32)/b24-22+,28-13?. The number of hydrogen-bond donors (Lipinski definition) is 5. The topological polar surface area (TPSA) is 96.2 Å². The monoisotopic (exact) mass is 480 g/mol. The summed E-state index contributed by atoms with van der Waals surface area (Å²) in [6.07, 6.45) is 8.62. The first-order chi connectivity index (χ1) is 16.4. The van der Waals surface area contributed by atoms with Crippen molar-refractivity contribution >= 4 is 41.6 Å². The number of amidine groups is 1. The van der Waals surface area contributed by atoms with Crippen molar-refractivity contribution in [3.05, 3.63) is 83.3 Å². The molecular weight excluding hydrogens is 454 g/mol. The predicted octanol–water partition coefficient (Wildman–Crippen LogP) is 6.08. The third kappa shape index (κ3) is 6.41. The smallest absolute Gasteiger partial charge is 0.133 e. The molecule has 0 unspecified atom stereocenters. The Kier molecular flexibility index (Phi) is 8.75. The second kappa shape index (κ2) is 11.9. The maximum Gasteiger partial charge on any atom is 0.133 e. The summed E-state index contributed by atoms with van der Waals surface area (Å²) in [7, 11) is 0. The molecule has 1 aliphatic heterocycles. The van der Waals surface area contributed by atoms with E-state index in [1.165, 1.54) is 36.6 Å². The Hall–Kier alpha value is -3.72. The molecule has 0 aliphatic carbocycles. The molecule has 1 aliphatic rings. The van der Waals surface area contributed by atoms with Gasteiger partial charge in [0.15, 0.2) is 0 Å². The number of aliphatic imine (C=N–C) groups is 1. The molecule has 0 bridgehead atoms. The van der Waals surface area contributed by atoms with Gasteiger partial charge in [0, 0.05) is 53.2 Å². The van der Waals surface area contributed by atoms with Gasteiger partial charge in [0.25, 0.3) is 0 Å². The lowest BCUT2D eigenvalue weighted by Crippen LogP contribution is -2.18. The minimum atomic E-state index is -0.651. The molecule has 2 aromatic rings. The molecule has 0 saturated heterocycles. The summed E-state index contributed by atoms with van der Waals surface area (Å²) < 4.78 is 31.2. The van der Waals surface area contributed by atoms with E-state index >= 15 is 0 Å². The fourth-order valence-corrected chi connectivity index (χ4v) is 3.58. The number of nitrogens with zero attached hydrogens (tertiary/aromatic N) is 1. The van der Waals surface area contributed by atoms with Crippen LogP contribution in [0.4, 0.5) is 14.5 Å². The van der Waals surface area contributed by atoms with E-state index in [9.17, 15) is 8.78 Å². The summed E-state index contributed by atoms with van der Waals surface area (Å²) in [4.78, 5) is 3.97. The average molecular weight is 481 g/mol. The van der Waals surface area contributed by atoms with Crippen LogP contribution in [0.3, 0.4) is 0 Å². The molecule has 5 N–H and O–H groups in total. The maximum absolute atomic E-state index is 14.5. The van der Waals surface area contributed by atoms with Gasteiger partial charge in [-0.1, -0.05) is 25.8 Å². The fourth-order valence-electron chi connectivity index (χ4n) is 3.15. The summed E-state index contributed by atoms with van der Waals surface area (Å²) >= 11 is 1.50. The second-order valence-corrected chi connectivity index (χ2v) is 8.28. The summed E-state index contributed by atoms with van der Waals surface area (Å²) in [5.41, 5.74) is 4.32. The largest absolute Gasteiger partial charge is 0.359 e. The normalized spacial score (nSPS) is 14.4. The SMILES string of the molecule is CCSNc1cc(/C(C=N)=C2\C=CC(N/C=N\C(=N)CC)=CN2)cc(-c2ccc(F)cc2F)c1. The molecule has 6 nitrogen and oxygen atoms in total. The average Bonchev–Trinajstić information content (AvgIpc) is 2.84. The highest BCUT2D eigenvalue weighted by Gasteiger charge is 2.13. The number of halogens is 2. The van der Waals surface area contributed by atoms with Gasteiger partial charge in [-0.05, 0) is 53.6 Å². The van der Waals surface area contributed by atoms with Gasteiger partial charge in [0.05, 0.1) is 12.0 Å². The molecule has 0 fully saturated rings. The Morgan fingerprint density at radius 3 is 2.62 bits per heavy atom. The van der Waals surface area contributed by atoms with Crippen molar-refractivity contribution in [1.82, 2.24) is 10.6 Å². The van der Waals surface area contributed by atoms with Gasteiger partial charge in [-0.15, -0.1) is 0 Å². The van der Waals surface area contributed by atoms with Crippen LogP contribution in [0.25, 0.3) is 16.7 Å². The number of rotatable bonds is 9. The second-order valence-electron chi connectivity index (χ2n) is 7.21. The number of benzene rings is 2. The van der Waals surface area contributed by atoms with E-state index in [1.807, 2.05) is 32.1 Å². The Labute approximate surface area is 202 Å². The van der Waals surface area contributed by atoms with E-state index in [0.29, 0.717) is 28.8 Å². The van der Waals surface area contributed by atoms with Crippen LogP contribution >= 0.6 is 11.9 Å². The van der Waals surface area contributed by atoms with Crippen LogP contribution in [0.2, 0.25) is 0 Å². The Balaban J connectivity index is 1.95. The Morgan fingerprint density at radius 2 is 1.97 bits per heavy atom. The zero-order valence-electron chi connectivity index (χ0n) is 18.9. The Morgan fingerprint density at radius 1 is 1.15 bits per heavy atom. The van der Waals surface area contributed by atoms with E-state index in [0.717, 1.165) is 23.2 Å². The quantitative estimate of drug-likeness (QED) is 0.171. The molecule has 9 heteroatoms. The Bertz CT molecular complexity index is 1200. The number of hydrogen-bond acceptors (Lipinski definition) is 5. The minimum Gasteiger partial charge on any atom is -0.359 e. The highest BCUT2D eigenvalue weighted by molar-refractivity contribution is 8.00. The molecule has 3 rings (SSSR count). The molecule has 0 aromatic heterocycles. The molecule has 0 atom stereocenters. The number of nitrogens with one attached hydrogen (secondary N) is 5. The molecule has 2 aromatic carbocycles. The van der Waals surface area contributed by atoms with Crippen molar-refractivity contribution in [3.8, 4) is 11.1 Å². The lowest BCUT2D eigenvalue weighted by Gasteiger charge is -2.17. The first kappa shape index (κ1) is 24.9. The van der Waals surface area contributed by atoms with E-state index in [-0.39, 0.29) is 11.4 Å². The minimum absolute atomic E-state index is 0.274. The first-order valence-electron chi connectivity index (χ1n) is 10.7. The van der Waals surface area contributed by atoms with Crippen LogP contribution in [0.15, 0.2) is 71.1 Å². The van der Waals surface area contributed by atoms with Crippen molar-refractivity contribution in [1.29, 1.82) is 10.8 Å². The van der Waals surface area contributed by atoms with Gasteiger partial charge < -0.3 is 20.8 Å². The molecule has 176 valence electrons. The summed E-state index contributed by atoms with van der Waals surface area (Å²) in [6, 6.07) is 8.97. The third-order valence-corrected chi connectivity index (χ3v) is 5.52. The van der Waals surface area contributed by atoms with Crippen LogP contribution in [0.5, 0.6) is 0 Å². The van der Waals surface area contributed by atoms with Gasteiger partial charge in [-0.3, -0.25) is 5.41 Å². The molecule has 0 amide bonds. The molecule has 1 heterocycles. The van der Waals surface area contributed by atoms with Gasteiger partial charge in [-0.2, -0.15) is 0 Å². The van der Waals surface area contributed by atoms with Crippen LogP contribution in [-0.2, 0) is 0 Å². The number of anilines is 1. The van der Waals surface area contributed by atoms with E-state index in [4.69, 9.17) is 10.8 Å². The summed E-state index contributed by atoms with van der Waals surface area (Å²) in [6.45, 7) is 3.87. The van der Waals surface area contributed by atoms with Crippen molar-refractivity contribution in [3.63, 3.8) is 0 Å². The molecule has 0 radical (unpaired) electrons. The number of allylic oxidation sites excluding steroid dienone is 3. The molecule has 0 saturated carbocycles. The number of dihydropyridines is 1. The van der Waals surface area contributed by atoms with Crippen molar-refractivity contribution in [2.45, 2.75) is 20.3 Å². The fraction of sp³-hybridized carbons (Fsp3) is 0.160. The van der Waals surface area contributed by atoms with Gasteiger partial charge in [-0.25, -0.2) is 13.8 Å². The van der Waals surface area contributed by atoms with Gasteiger partial charge in [0.2, 0.25) is 0 Å². The maximum atomic E-state index is 14.5. The highest BCUT2D eigenvalue weighted by atomic mass is 32.2. The van der Waals surface area contributed by atoms with E-state index in [2.05, 4.69) is 20.3 Å².